The van der Waals surface area contributed by atoms with Gasteiger partial charge in [0.2, 0.25) is 0 Å². The lowest BCUT2D eigenvalue weighted by atomic mass is 10.2. The lowest BCUT2D eigenvalue weighted by Gasteiger charge is -2.12. The number of esters is 1. The second kappa shape index (κ2) is 9.27. The Kier molecular flexibility index (Phi) is 8.35. The molecule has 0 unspecified atom stereocenters. The van der Waals surface area contributed by atoms with Crippen LogP contribution in [0, 0.1) is 0 Å². The predicted octanol–water partition coefficient (Wildman–Crippen LogP) is 2.62. The maximum atomic E-state index is 11.5. The number of hydrogen-bond acceptors (Lipinski definition) is 4. The largest absolute Gasteiger partial charge is 0.467 e. The molecule has 0 spiro atoms. The summed E-state index contributed by atoms with van der Waals surface area (Å²) in [6, 6.07) is 2.50. The summed E-state index contributed by atoms with van der Waals surface area (Å²) in [4.78, 5) is 22.7. The smallest absolute Gasteiger partial charge is 0.328 e. The van der Waals surface area contributed by atoms with E-state index in [1.807, 2.05) is 0 Å². The third-order valence-corrected chi connectivity index (χ3v) is 1.94. The summed E-state index contributed by atoms with van der Waals surface area (Å²) >= 11 is 0. The Morgan fingerprint density at radius 1 is 1.44 bits per heavy atom. The first-order chi connectivity index (χ1) is 8.60. The number of furan rings is 1. The fourth-order valence-corrected chi connectivity index (χ4v) is 1.11. The highest BCUT2D eigenvalue weighted by atomic mass is 16.5. The van der Waals surface area contributed by atoms with Gasteiger partial charge in [0.25, 0.3) is 5.91 Å². The number of hydrogen-bond donors (Lipinski definition) is 1. The van der Waals surface area contributed by atoms with Crippen molar-refractivity contribution in [3.05, 3.63) is 24.2 Å². The fraction of sp³-hybridized carbons (Fsp3) is 0.538. The topological polar surface area (TPSA) is 68.5 Å². The molecular weight excluding hydrogens is 234 g/mol. The zero-order valence-electron chi connectivity index (χ0n) is 11.4. The molecule has 0 aliphatic heterocycles. The van der Waals surface area contributed by atoms with Gasteiger partial charge in [0.1, 0.15) is 6.04 Å². The summed E-state index contributed by atoms with van der Waals surface area (Å²) < 4.78 is 9.43. The molecule has 0 saturated carbocycles. The molecular formula is C13H23NO4. The predicted molar refractivity (Wildman–Crippen MR) is 70.3 cm³/mol. The van der Waals surface area contributed by atoms with E-state index in [0.717, 1.165) is 0 Å². The van der Waals surface area contributed by atoms with Crippen molar-refractivity contribution in [1.29, 1.82) is 0 Å². The fourth-order valence-electron chi connectivity index (χ4n) is 1.11. The van der Waals surface area contributed by atoms with Gasteiger partial charge in [-0.25, -0.2) is 4.79 Å². The molecule has 1 aromatic heterocycles. The standard InChI is InChI=1S/C10H13NO4.C3H8.H2/c1-3-7(10(13)14-2)11-9(12)8-5-4-6-15-8;1-3-2;/h4-7H,3H2,1-2H3,(H,11,12);3H2,1-2H3;1H/t7-;;/m0../s1. The molecule has 0 radical (unpaired) electrons. The average Bonchev–Trinajstić information content (AvgIpc) is 2.89. The van der Waals surface area contributed by atoms with Crippen molar-refractivity contribution in [2.24, 2.45) is 0 Å². The van der Waals surface area contributed by atoms with Crippen LogP contribution in [-0.4, -0.2) is 25.0 Å². The number of methoxy groups -OCH3 is 1. The van der Waals surface area contributed by atoms with Gasteiger partial charge in [-0.15, -0.1) is 0 Å². The molecule has 0 aliphatic rings. The van der Waals surface area contributed by atoms with Crippen LogP contribution >= 0.6 is 0 Å². The lowest BCUT2D eigenvalue weighted by Crippen LogP contribution is -2.40. The van der Waals surface area contributed by atoms with Crippen molar-refractivity contribution in [3.8, 4) is 0 Å². The van der Waals surface area contributed by atoms with Crippen LogP contribution in [0.25, 0.3) is 0 Å². The van der Waals surface area contributed by atoms with E-state index in [1.165, 1.54) is 25.9 Å². The van der Waals surface area contributed by atoms with Crippen LogP contribution in [0.1, 0.15) is 45.6 Å². The van der Waals surface area contributed by atoms with Crippen molar-refractivity contribution in [1.82, 2.24) is 5.32 Å². The monoisotopic (exact) mass is 257 g/mol. The molecule has 18 heavy (non-hydrogen) atoms. The van der Waals surface area contributed by atoms with Crippen LogP contribution in [0.2, 0.25) is 0 Å². The third kappa shape index (κ3) is 5.52. The molecule has 0 aromatic carbocycles. The lowest BCUT2D eigenvalue weighted by molar-refractivity contribution is -0.142. The molecule has 1 aromatic rings. The molecule has 1 N–H and O–H groups in total. The van der Waals surface area contributed by atoms with E-state index in [1.54, 1.807) is 13.0 Å². The number of carbonyl (C=O) groups excluding carboxylic acids is 2. The summed E-state index contributed by atoms with van der Waals surface area (Å²) in [5.41, 5.74) is 0. The second-order valence-electron chi connectivity index (χ2n) is 3.64. The summed E-state index contributed by atoms with van der Waals surface area (Å²) in [6.07, 6.45) is 3.12. The molecule has 0 aliphatic carbocycles. The minimum Gasteiger partial charge on any atom is -0.467 e. The molecule has 1 atom stereocenters. The zero-order valence-corrected chi connectivity index (χ0v) is 11.4. The second-order valence-corrected chi connectivity index (χ2v) is 3.64. The van der Waals surface area contributed by atoms with Gasteiger partial charge >= 0.3 is 5.97 Å². The average molecular weight is 257 g/mol. The first kappa shape index (κ1) is 16.2. The Bertz CT molecular complexity index is 352. The van der Waals surface area contributed by atoms with Crippen molar-refractivity contribution in [3.63, 3.8) is 0 Å². The molecule has 0 saturated heterocycles. The van der Waals surface area contributed by atoms with Gasteiger partial charge in [0, 0.05) is 1.43 Å². The van der Waals surface area contributed by atoms with Crippen LogP contribution in [-0.2, 0) is 9.53 Å². The Morgan fingerprint density at radius 3 is 2.44 bits per heavy atom. The normalized spacial score (nSPS) is 10.9. The van der Waals surface area contributed by atoms with Crippen LogP contribution in [0.4, 0.5) is 0 Å². The number of nitrogens with one attached hydrogen (secondary N) is 1. The van der Waals surface area contributed by atoms with Gasteiger partial charge in [-0.05, 0) is 18.6 Å². The molecule has 104 valence electrons. The van der Waals surface area contributed by atoms with E-state index in [-0.39, 0.29) is 7.19 Å². The van der Waals surface area contributed by atoms with E-state index in [0.29, 0.717) is 6.42 Å². The van der Waals surface area contributed by atoms with Crippen molar-refractivity contribution in [2.45, 2.75) is 39.7 Å². The Hall–Kier alpha value is -1.78. The molecule has 1 heterocycles. The first-order valence-corrected chi connectivity index (χ1v) is 6.02. The third-order valence-electron chi connectivity index (χ3n) is 1.94. The minimum atomic E-state index is -0.632. The minimum absolute atomic E-state index is 0. The maximum absolute atomic E-state index is 11.5. The Labute approximate surface area is 109 Å². The van der Waals surface area contributed by atoms with Gasteiger partial charge in [0.05, 0.1) is 13.4 Å². The Morgan fingerprint density at radius 2 is 2.06 bits per heavy atom. The zero-order chi connectivity index (χ0) is 14.0. The van der Waals surface area contributed by atoms with Crippen molar-refractivity contribution in [2.75, 3.05) is 7.11 Å². The Balaban J connectivity index is 0. The van der Waals surface area contributed by atoms with Crippen LogP contribution in [0.3, 0.4) is 0 Å². The maximum Gasteiger partial charge on any atom is 0.328 e. The number of rotatable bonds is 4. The molecule has 0 fully saturated rings. The molecule has 0 bridgehead atoms. The van der Waals surface area contributed by atoms with E-state index in [4.69, 9.17) is 4.42 Å². The van der Waals surface area contributed by atoms with E-state index < -0.39 is 17.9 Å². The number of ether oxygens (including phenoxy) is 1. The molecule has 1 amide bonds. The molecule has 5 heteroatoms. The highest BCUT2D eigenvalue weighted by Crippen LogP contribution is 2.02. The quantitative estimate of drug-likeness (QED) is 0.842. The van der Waals surface area contributed by atoms with Crippen molar-refractivity contribution >= 4 is 11.9 Å². The number of amides is 1. The van der Waals surface area contributed by atoms with Crippen molar-refractivity contribution < 1.29 is 20.2 Å². The molecule has 1 rings (SSSR count). The number of carbonyl (C=O) groups is 2. The van der Waals surface area contributed by atoms with Crippen LogP contribution < -0.4 is 5.32 Å². The first-order valence-electron chi connectivity index (χ1n) is 6.02. The summed E-state index contributed by atoms with van der Waals surface area (Å²) in [5, 5.41) is 2.51. The summed E-state index contributed by atoms with van der Waals surface area (Å²) in [6.45, 7) is 6.03. The van der Waals surface area contributed by atoms with Gasteiger partial charge < -0.3 is 14.5 Å². The van der Waals surface area contributed by atoms with Crippen LogP contribution in [0.15, 0.2) is 22.8 Å². The van der Waals surface area contributed by atoms with Crippen LogP contribution in [0.5, 0.6) is 0 Å². The van der Waals surface area contributed by atoms with E-state index in [2.05, 4.69) is 23.9 Å². The highest BCUT2D eigenvalue weighted by molar-refractivity contribution is 5.94. The van der Waals surface area contributed by atoms with Gasteiger partial charge in [-0.2, -0.15) is 0 Å². The van der Waals surface area contributed by atoms with Gasteiger partial charge in [0.15, 0.2) is 5.76 Å². The summed E-state index contributed by atoms with van der Waals surface area (Å²) in [5.74, 6) is -0.702. The molecule has 5 nitrogen and oxygen atoms in total. The van der Waals surface area contributed by atoms with Gasteiger partial charge in [-0.1, -0.05) is 27.2 Å². The highest BCUT2D eigenvalue weighted by Gasteiger charge is 2.20. The van der Waals surface area contributed by atoms with Gasteiger partial charge in [-0.3, -0.25) is 4.79 Å². The van der Waals surface area contributed by atoms with E-state index >= 15 is 0 Å². The van der Waals surface area contributed by atoms with E-state index in [9.17, 15) is 9.59 Å². The summed E-state index contributed by atoms with van der Waals surface area (Å²) in [7, 11) is 1.28. The SMILES string of the molecule is CCC.CC[C@H](NC(=O)c1ccco1)C(=O)OC.[HH].